The lowest BCUT2D eigenvalue weighted by atomic mass is 10.3. The van der Waals surface area contributed by atoms with Gasteiger partial charge in [-0.05, 0) is 30.0 Å². The van der Waals surface area contributed by atoms with E-state index >= 15 is 0 Å². The van der Waals surface area contributed by atoms with Gasteiger partial charge in [-0.15, -0.1) is 0 Å². The van der Waals surface area contributed by atoms with Crippen LogP contribution in [0.1, 0.15) is 6.92 Å². The van der Waals surface area contributed by atoms with E-state index < -0.39 is 0 Å². The van der Waals surface area contributed by atoms with Crippen LogP contribution in [-0.2, 0) is 0 Å². The van der Waals surface area contributed by atoms with Crippen molar-refractivity contribution in [1.29, 1.82) is 0 Å². The highest BCUT2D eigenvalue weighted by Gasteiger charge is 1.90. The van der Waals surface area contributed by atoms with Gasteiger partial charge in [0, 0.05) is 22.5 Å². The first-order valence-corrected chi connectivity index (χ1v) is 6.35. The summed E-state index contributed by atoms with van der Waals surface area (Å²) >= 11 is 5.37. The molecule has 0 aliphatic heterocycles. The SMILES string of the molecule is CCSCCNc1ccc(Br)cc1. The van der Waals surface area contributed by atoms with Gasteiger partial charge >= 0.3 is 0 Å². The number of rotatable bonds is 5. The molecule has 0 radical (unpaired) electrons. The van der Waals surface area contributed by atoms with Crippen molar-refractivity contribution in [3.05, 3.63) is 28.7 Å². The van der Waals surface area contributed by atoms with E-state index in [9.17, 15) is 0 Å². The standard InChI is InChI=1S/C10H14BrNS/c1-2-13-8-7-12-10-5-3-9(11)4-6-10/h3-6,12H,2,7-8H2,1H3. The van der Waals surface area contributed by atoms with Gasteiger partial charge < -0.3 is 5.32 Å². The summed E-state index contributed by atoms with van der Waals surface area (Å²) in [7, 11) is 0. The second-order valence-electron chi connectivity index (χ2n) is 2.63. The molecule has 72 valence electrons. The van der Waals surface area contributed by atoms with Crippen molar-refractivity contribution in [2.75, 3.05) is 23.4 Å². The number of thioether (sulfide) groups is 1. The van der Waals surface area contributed by atoms with Crippen molar-refractivity contribution in [1.82, 2.24) is 0 Å². The van der Waals surface area contributed by atoms with Gasteiger partial charge in [0.1, 0.15) is 0 Å². The van der Waals surface area contributed by atoms with Gasteiger partial charge in [-0.2, -0.15) is 11.8 Å². The lowest BCUT2D eigenvalue weighted by molar-refractivity contribution is 1.22. The van der Waals surface area contributed by atoms with E-state index in [1.165, 1.54) is 17.2 Å². The van der Waals surface area contributed by atoms with Crippen molar-refractivity contribution in [2.45, 2.75) is 6.92 Å². The molecule has 1 aromatic carbocycles. The Balaban J connectivity index is 2.25. The van der Waals surface area contributed by atoms with Gasteiger partial charge in [0.05, 0.1) is 0 Å². The highest BCUT2D eigenvalue weighted by atomic mass is 79.9. The van der Waals surface area contributed by atoms with Crippen molar-refractivity contribution in [3.63, 3.8) is 0 Å². The molecular formula is C10H14BrNS. The number of halogens is 1. The fourth-order valence-electron chi connectivity index (χ4n) is 0.980. The Morgan fingerprint density at radius 1 is 1.31 bits per heavy atom. The van der Waals surface area contributed by atoms with E-state index in [0.717, 1.165) is 11.0 Å². The van der Waals surface area contributed by atoms with Crippen molar-refractivity contribution in [3.8, 4) is 0 Å². The summed E-state index contributed by atoms with van der Waals surface area (Å²) in [6, 6.07) is 8.27. The van der Waals surface area contributed by atoms with E-state index in [1.807, 2.05) is 11.8 Å². The Morgan fingerprint density at radius 3 is 2.62 bits per heavy atom. The van der Waals surface area contributed by atoms with E-state index in [4.69, 9.17) is 0 Å². The zero-order valence-corrected chi connectivity index (χ0v) is 10.1. The molecular weight excluding hydrogens is 246 g/mol. The highest BCUT2D eigenvalue weighted by molar-refractivity contribution is 9.10. The second-order valence-corrected chi connectivity index (χ2v) is 4.94. The van der Waals surface area contributed by atoms with Crippen molar-refractivity contribution >= 4 is 33.4 Å². The topological polar surface area (TPSA) is 12.0 Å². The number of anilines is 1. The number of hydrogen-bond acceptors (Lipinski definition) is 2. The molecule has 0 aliphatic rings. The lowest BCUT2D eigenvalue weighted by Gasteiger charge is -2.04. The minimum atomic E-state index is 1.04. The van der Waals surface area contributed by atoms with E-state index in [0.29, 0.717) is 0 Å². The summed E-state index contributed by atoms with van der Waals surface area (Å²) in [5, 5.41) is 3.36. The van der Waals surface area contributed by atoms with E-state index in [-0.39, 0.29) is 0 Å². The number of nitrogens with one attached hydrogen (secondary N) is 1. The minimum Gasteiger partial charge on any atom is -0.384 e. The van der Waals surface area contributed by atoms with Gasteiger partial charge in [-0.25, -0.2) is 0 Å². The minimum absolute atomic E-state index is 1.04. The van der Waals surface area contributed by atoms with Gasteiger partial charge in [0.25, 0.3) is 0 Å². The van der Waals surface area contributed by atoms with Gasteiger partial charge in [-0.3, -0.25) is 0 Å². The number of benzene rings is 1. The predicted molar refractivity (Wildman–Crippen MR) is 65.6 cm³/mol. The van der Waals surface area contributed by atoms with Crippen LogP contribution in [0, 0.1) is 0 Å². The molecule has 0 fully saturated rings. The maximum Gasteiger partial charge on any atom is 0.0341 e. The lowest BCUT2D eigenvalue weighted by Crippen LogP contribution is -2.03. The normalized spacial score (nSPS) is 10.0. The third-order valence-corrected chi connectivity index (χ3v) is 3.05. The quantitative estimate of drug-likeness (QED) is 0.811. The largest absolute Gasteiger partial charge is 0.384 e. The third-order valence-electron chi connectivity index (χ3n) is 1.62. The number of hydrogen-bond donors (Lipinski definition) is 1. The van der Waals surface area contributed by atoms with Crippen LogP contribution in [-0.4, -0.2) is 18.1 Å². The molecule has 13 heavy (non-hydrogen) atoms. The Bertz CT molecular complexity index is 235. The van der Waals surface area contributed by atoms with Crippen LogP contribution in [0.15, 0.2) is 28.7 Å². The summed E-state index contributed by atoms with van der Waals surface area (Å²) in [4.78, 5) is 0. The van der Waals surface area contributed by atoms with Crippen LogP contribution < -0.4 is 5.32 Å². The van der Waals surface area contributed by atoms with E-state index in [2.05, 4.69) is 52.4 Å². The molecule has 0 saturated carbocycles. The Kier molecular flexibility index (Phi) is 5.32. The van der Waals surface area contributed by atoms with E-state index in [1.54, 1.807) is 0 Å². The van der Waals surface area contributed by atoms with Crippen LogP contribution in [0.2, 0.25) is 0 Å². The van der Waals surface area contributed by atoms with Crippen LogP contribution in [0.5, 0.6) is 0 Å². The third kappa shape index (κ3) is 4.58. The first kappa shape index (κ1) is 10.9. The molecule has 0 amide bonds. The molecule has 1 N–H and O–H groups in total. The molecule has 0 atom stereocenters. The average Bonchev–Trinajstić information content (AvgIpc) is 2.15. The fourth-order valence-corrected chi connectivity index (χ4v) is 1.78. The highest BCUT2D eigenvalue weighted by Crippen LogP contribution is 2.13. The summed E-state index contributed by atoms with van der Waals surface area (Å²) in [5.74, 6) is 2.37. The smallest absolute Gasteiger partial charge is 0.0341 e. The van der Waals surface area contributed by atoms with Crippen molar-refractivity contribution < 1.29 is 0 Å². The fraction of sp³-hybridized carbons (Fsp3) is 0.400. The molecule has 0 saturated heterocycles. The summed E-state index contributed by atoms with van der Waals surface area (Å²) in [6.45, 7) is 3.23. The molecule has 0 heterocycles. The first-order chi connectivity index (χ1) is 6.33. The zero-order chi connectivity index (χ0) is 9.52. The van der Waals surface area contributed by atoms with Gasteiger partial charge in [0.15, 0.2) is 0 Å². The molecule has 0 bridgehead atoms. The summed E-state index contributed by atoms with van der Waals surface area (Å²) in [6.07, 6.45) is 0. The Labute approximate surface area is 92.4 Å². The van der Waals surface area contributed by atoms with Gasteiger partial charge in [-0.1, -0.05) is 22.9 Å². The zero-order valence-electron chi connectivity index (χ0n) is 7.72. The maximum absolute atomic E-state index is 3.41. The van der Waals surface area contributed by atoms with Crippen molar-refractivity contribution in [2.24, 2.45) is 0 Å². The second kappa shape index (κ2) is 6.33. The molecule has 3 heteroatoms. The van der Waals surface area contributed by atoms with Crippen LogP contribution in [0.25, 0.3) is 0 Å². The maximum atomic E-state index is 3.41. The van der Waals surface area contributed by atoms with Crippen LogP contribution in [0.3, 0.4) is 0 Å². The van der Waals surface area contributed by atoms with Gasteiger partial charge in [0.2, 0.25) is 0 Å². The first-order valence-electron chi connectivity index (χ1n) is 4.40. The van der Waals surface area contributed by atoms with Crippen LogP contribution in [0.4, 0.5) is 5.69 Å². The monoisotopic (exact) mass is 259 g/mol. The molecule has 1 rings (SSSR count). The molecule has 1 aromatic rings. The molecule has 0 unspecified atom stereocenters. The summed E-state index contributed by atoms with van der Waals surface area (Å²) < 4.78 is 1.13. The van der Waals surface area contributed by atoms with Crippen LogP contribution >= 0.6 is 27.7 Å². The molecule has 0 aromatic heterocycles. The Hall–Kier alpha value is -0.150. The molecule has 0 aliphatic carbocycles. The molecule has 1 nitrogen and oxygen atoms in total. The predicted octanol–water partition coefficient (Wildman–Crippen LogP) is 3.61. The molecule has 0 spiro atoms. The Morgan fingerprint density at radius 2 is 2.00 bits per heavy atom. The summed E-state index contributed by atoms with van der Waals surface area (Å²) in [5.41, 5.74) is 1.19. The average molecular weight is 260 g/mol.